The van der Waals surface area contributed by atoms with Crippen LogP contribution >= 0.6 is 22.9 Å². The minimum absolute atomic E-state index is 0.532. The largest absolute Gasteiger partial charge is 0.493 e. The van der Waals surface area contributed by atoms with Crippen molar-refractivity contribution in [1.82, 2.24) is 4.98 Å². The predicted molar refractivity (Wildman–Crippen MR) is 81.5 cm³/mol. The van der Waals surface area contributed by atoms with E-state index in [1.54, 1.807) is 6.07 Å². The molecular formula is C15H15ClN2OS. The molecule has 0 saturated heterocycles. The summed E-state index contributed by atoms with van der Waals surface area (Å²) in [5.41, 5.74) is 0.915. The molecule has 0 aliphatic heterocycles. The Morgan fingerprint density at radius 3 is 2.95 bits per heavy atom. The first-order valence-corrected chi connectivity index (χ1v) is 7.69. The van der Waals surface area contributed by atoms with Gasteiger partial charge in [-0.2, -0.15) is 5.26 Å². The first kappa shape index (κ1) is 14.8. The molecule has 0 aliphatic carbocycles. The van der Waals surface area contributed by atoms with Crippen LogP contribution < -0.4 is 4.74 Å². The van der Waals surface area contributed by atoms with Gasteiger partial charge in [-0.15, -0.1) is 11.3 Å². The van der Waals surface area contributed by atoms with E-state index in [9.17, 15) is 0 Å². The number of aryl methyl sites for hydroxylation is 1. The van der Waals surface area contributed by atoms with Gasteiger partial charge >= 0.3 is 0 Å². The molecule has 0 bridgehead atoms. The van der Waals surface area contributed by atoms with Gasteiger partial charge in [-0.3, -0.25) is 0 Å². The maximum Gasteiger partial charge on any atom is 0.128 e. The number of nitriles is 1. The third-order valence-electron chi connectivity index (χ3n) is 2.71. The van der Waals surface area contributed by atoms with E-state index in [0.29, 0.717) is 18.1 Å². The van der Waals surface area contributed by atoms with E-state index in [-0.39, 0.29) is 0 Å². The van der Waals surface area contributed by atoms with Crippen molar-refractivity contribution in [2.24, 2.45) is 0 Å². The summed E-state index contributed by atoms with van der Waals surface area (Å²) in [6.45, 7) is 2.62. The highest BCUT2D eigenvalue weighted by Gasteiger charge is 2.10. The molecular weight excluding hydrogens is 292 g/mol. The van der Waals surface area contributed by atoms with E-state index in [2.05, 4.69) is 18.0 Å². The number of thiazole rings is 1. The van der Waals surface area contributed by atoms with E-state index >= 15 is 0 Å². The fourth-order valence-electron chi connectivity index (χ4n) is 1.81. The first-order valence-electron chi connectivity index (χ1n) is 6.50. The maximum absolute atomic E-state index is 9.07. The molecule has 0 aliphatic rings. The number of aromatic nitrogens is 1. The number of hydrogen-bond acceptors (Lipinski definition) is 4. The molecule has 5 heteroatoms. The predicted octanol–water partition coefficient (Wildman–Crippen LogP) is 4.24. The number of hydrogen-bond donors (Lipinski definition) is 0. The van der Waals surface area contributed by atoms with Crippen molar-refractivity contribution >= 4 is 22.9 Å². The van der Waals surface area contributed by atoms with Crippen LogP contribution in [0.2, 0.25) is 5.02 Å². The van der Waals surface area contributed by atoms with Gasteiger partial charge in [-0.25, -0.2) is 4.98 Å². The molecule has 1 aromatic carbocycles. The lowest BCUT2D eigenvalue weighted by Gasteiger charge is -2.04. The lowest BCUT2D eigenvalue weighted by Crippen LogP contribution is -2.01. The molecule has 1 aromatic heterocycles. The third kappa shape index (κ3) is 3.96. The number of benzene rings is 1. The van der Waals surface area contributed by atoms with Crippen LogP contribution in [0.4, 0.5) is 0 Å². The van der Waals surface area contributed by atoms with Crippen molar-refractivity contribution in [1.29, 1.82) is 5.26 Å². The summed E-state index contributed by atoms with van der Waals surface area (Å²) in [6, 6.07) is 9.54. The second-order valence-corrected chi connectivity index (χ2v) is 5.82. The van der Waals surface area contributed by atoms with E-state index < -0.39 is 0 Å². The molecule has 0 atom stereocenters. The van der Waals surface area contributed by atoms with Crippen molar-refractivity contribution in [3.05, 3.63) is 44.9 Å². The van der Waals surface area contributed by atoms with E-state index in [4.69, 9.17) is 21.6 Å². The average molecular weight is 307 g/mol. The fourth-order valence-corrected chi connectivity index (χ4v) is 2.88. The molecule has 0 amide bonds. The normalized spacial score (nSPS) is 10.2. The third-order valence-corrected chi connectivity index (χ3v) is 4.01. The average Bonchev–Trinajstić information content (AvgIpc) is 2.82. The monoisotopic (exact) mass is 306 g/mol. The van der Waals surface area contributed by atoms with Gasteiger partial charge in [0, 0.05) is 11.4 Å². The minimum Gasteiger partial charge on any atom is -0.493 e. The molecule has 0 spiro atoms. The molecule has 104 valence electrons. The summed E-state index contributed by atoms with van der Waals surface area (Å²) in [4.78, 5) is 5.24. The maximum atomic E-state index is 9.07. The van der Waals surface area contributed by atoms with Crippen molar-refractivity contribution < 1.29 is 4.74 Å². The standard InChI is InChI=1S/C15H15ClN2OS/c1-2-4-13-14(10-17)20-15(18-13)7-8-19-12-6-3-5-11(16)9-12/h3,5-6,9H,2,4,7-8H2,1H3. The summed E-state index contributed by atoms with van der Waals surface area (Å²) >= 11 is 7.35. The number of halogens is 1. The lowest BCUT2D eigenvalue weighted by molar-refractivity contribution is 0.321. The van der Waals surface area contributed by atoms with Gasteiger partial charge in [0.05, 0.1) is 17.3 Å². The Hall–Kier alpha value is -1.57. The van der Waals surface area contributed by atoms with Crippen LogP contribution in [0, 0.1) is 11.3 Å². The van der Waals surface area contributed by atoms with Crippen LogP contribution in [0.3, 0.4) is 0 Å². The van der Waals surface area contributed by atoms with Gasteiger partial charge in [0.1, 0.15) is 16.7 Å². The van der Waals surface area contributed by atoms with Crippen molar-refractivity contribution in [2.45, 2.75) is 26.2 Å². The zero-order valence-corrected chi connectivity index (χ0v) is 12.8. The molecule has 3 nitrogen and oxygen atoms in total. The highest BCUT2D eigenvalue weighted by Crippen LogP contribution is 2.21. The first-order chi connectivity index (χ1) is 9.72. The Morgan fingerprint density at radius 2 is 2.25 bits per heavy atom. The smallest absolute Gasteiger partial charge is 0.128 e. The molecule has 2 aromatic rings. The Kier molecular flexibility index (Phi) is 5.40. The van der Waals surface area contributed by atoms with Crippen LogP contribution in [-0.4, -0.2) is 11.6 Å². The van der Waals surface area contributed by atoms with Gasteiger partial charge in [0.25, 0.3) is 0 Å². The number of ether oxygens (including phenoxy) is 1. The van der Waals surface area contributed by atoms with Crippen LogP contribution in [0.15, 0.2) is 24.3 Å². The number of nitrogens with zero attached hydrogens (tertiary/aromatic N) is 2. The SMILES string of the molecule is CCCc1nc(CCOc2cccc(Cl)c2)sc1C#N. The molecule has 0 saturated carbocycles. The number of rotatable bonds is 6. The Balaban J connectivity index is 1.93. The van der Waals surface area contributed by atoms with Gasteiger partial charge in [0.15, 0.2) is 0 Å². The zero-order valence-electron chi connectivity index (χ0n) is 11.2. The second kappa shape index (κ2) is 7.28. The topological polar surface area (TPSA) is 45.9 Å². The molecule has 0 fully saturated rings. The van der Waals surface area contributed by atoms with Gasteiger partial charge < -0.3 is 4.74 Å². The molecule has 0 unspecified atom stereocenters. The van der Waals surface area contributed by atoms with Crippen LogP contribution in [0.25, 0.3) is 0 Å². The van der Waals surface area contributed by atoms with E-state index in [1.807, 2.05) is 18.2 Å². The summed E-state index contributed by atoms with van der Waals surface area (Å²) < 4.78 is 5.63. The van der Waals surface area contributed by atoms with Gasteiger partial charge in [-0.1, -0.05) is 31.0 Å². The Bertz CT molecular complexity index is 619. The molecule has 0 N–H and O–H groups in total. The van der Waals surface area contributed by atoms with Gasteiger partial charge in [0.2, 0.25) is 0 Å². The fraction of sp³-hybridized carbons (Fsp3) is 0.333. The molecule has 1 heterocycles. The van der Waals surface area contributed by atoms with Crippen molar-refractivity contribution in [2.75, 3.05) is 6.61 Å². The van der Waals surface area contributed by atoms with E-state index in [1.165, 1.54) is 11.3 Å². The summed E-state index contributed by atoms with van der Waals surface area (Å²) in [7, 11) is 0. The van der Waals surface area contributed by atoms with Crippen molar-refractivity contribution in [3.63, 3.8) is 0 Å². The quantitative estimate of drug-likeness (QED) is 0.801. The van der Waals surface area contributed by atoms with Gasteiger partial charge in [-0.05, 0) is 24.6 Å². The summed E-state index contributed by atoms with van der Waals surface area (Å²) in [6.07, 6.45) is 2.56. The minimum atomic E-state index is 0.532. The Labute approximate surface area is 127 Å². The molecule has 0 radical (unpaired) electrons. The summed E-state index contributed by atoms with van der Waals surface area (Å²) in [5, 5.41) is 10.7. The van der Waals surface area contributed by atoms with E-state index in [0.717, 1.165) is 34.2 Å². The van der Waals surface area contributed by atoms with Crippen LogP contribution in [0.1, 0.15) is 28.9 Å². The van der Waals surface area contributed by atoms with Crippen LogP contribution in [-0.2, 0) is 12.8 Å². The molecule has 20 heavy (non-hydrogen) atoms. The zero-order chi connectivity index (χ0) is 14.4. The van der Waals surface area contributed by atoms with Crippen molar-refractivity contribution in [3.8, 4) is 11.8 Å². The Morgan fingerprint density at radius 1 is 1.40 bits per heavy atom. The summed E-state index contributed by atoms with van der Waals surface area (Å²) in [5.74, 6) is 0.753. The molecule has 2 rings (SSSR count). The lowest BCUT2D eigenvalue weighted by atomic mass is 10.2. The second-order valence-electron chi connectivity index (χ2n) is 4.30. The van der Waals surface area contributed by atoms with Crippen LogP contribution in [0.5, 0.6) is 5.75 Å². The highest BCUT2D eigenvalue weighted by atomic mass is 35.5. The highest BCUT2D eigenvalue weighted by molar-refractivity contribution is 7.12.